The van der Waals surface area contributed by atoms with Gasteiger partial charge in [-0.1, -0.05) is 18.2 Å². The van der Waals surface area contributed by atoms with Crippen LogP contribution in [0.2, 0.25) is 0 Å². The minimum Gasteiger partial charge on any atom is -0.454 e. The molecule has 0 bridgehead atoms. The predicted molar refractivity (Wildman–Crippen MR) is 96.5 cm³/mol. The average molecular weight is 345 g/mol. The number of aromatic nitrogens is 2. The summed E-state index contributed by atoms with van der Waals surface area (Å²) in [7, 11) is 0. The molecule has 0 saturated heterocycles. The van der Waals surface area contributed by atoms with Gasteiger partial charge in [-0.2, -0.15) is 10.2 Å². The first-order chi connectivity index (χ1) is 12.7. The molecule has 0 aliphatic carbocycles. The molecular formula is C19H15N5O2. The Labute approximate surface area is 150 Å². The molecule has 7 nitrogen and oxygen atoms in total. The van der Waals surface area contributed by atoms with Crippen LogP contribution in [0.4, 0.5) is 11.8 Å². The van der Waals surface area contributed by atoms with Gasteiger partial charge in [-0.05, 0) is 29.8 Å². The Balaban J connectivity index is 1.55. The van der Waals surface area contributed by atoms with E-state index in [9.17, 15) is 0 Å². The molecule has 128 valence electrons. The molecule has 1 aliphatic heterocycles. The van der Waals surface area contributed by atoms with E-state index in [2.05, 4.69) is 21.4 Å². The molecule has 0 radical (unpaired) electrons. The topological polar surface area (TPSA) is 106 Å². The van der Waals surface area contributed by atoms with Gasteiger partial charge < -0.3 is 20.5 Å². The molecule has 0 saturated carbocycles. The minimum absolute atomic E-state index is 0.165. The third kappa shape index (κ3) is 3.21. The van der Waals surface area contributed by atoms with Crippen LogP contribution in [0.5, 0.6) is 11.5 Å². The number of nitriles is 1. The summed E-state index contributed by atoms with van der Waals surface area (Å²) in [4.78, 5) is 8.49. The van der Waals surface area contributed by atoms with Crippen molar-refractivity contribution in [2.45, 2.75) is 6.54 Å². The molecule has 7 heteroatoms. The second-order valence-corrected chi connectivity index (χ2v) is 5.73. The van der Waals surface area contributed by atoms with Crippen LogP contribution >= 0.6 is 0 Å². The normalized spacial score (nSPS) is 11.8. The highest BCUT2D eigenvalue weighted by Crippen LogP contribution is 2.32. The zero-order chi connectivity index (χ0) is 17.9. The largest absolute Gasteiger partial charge is 0.454 e. The van der Waals surface area contributed by atoms with E-state index in [0.717, 1.165) is 22.6 Å². The molecule has 4 rings (SSSR count). The van der Waals surface area contributed by atoms with E-state index in [1.165, 1.54) is 0 Å². The predicted octanol–water partition coefficient (Wildman–Crippen LogP) is 2.94. The number of ether oxygens (including phenoxy) is 2. The Morgan fingerprint density at radius 2 is 1.96 bits per heavy atom. The van der Waals surface area contributed by atoms with Crippen molar-refractivity contribution < 1.29 is 9.47 Å². The van der Waals surface area contributed by atoms with Gasteiger partial charge in [0.2, 0.25) is 12.7 Å². The van der Waals surface area contributed by atoms with E-state index < -0.39 is 0 Å². The highest BCUT2D eigenvalue weighted by molar-refractivity contribution is 5.65. The summed E-state index contributed by atoms with van der Waals surface area (Å²) in [6.45, 7) is 0.796. The first-order valence-electron chi connectivity index (χ1n) is 7.99. The van der Waals surface area contributed by atoms with E-state index in [1.54, 1.807) is 18.2 Å². The molecule has 26 heavy (non-hydrogen) atoms. The lowest BCUT2D eigenvalue weighted by molar-refractivity contribution is 0.174. The lowest BCUT2D eigenvalue weighted by Gasteiger charge is -2.09. The smallest absolute Gasteiger partial charge is 0.231 e. The summed E-state index contributed by atoms with van der Waals surface area (Å²) in [5, 5.41) is 12.3. The van der Waals surface area contributed by atoms with Crippen molar-refractivity contribution in [1.29, 1.82) is 5.26 Å². The van der Waals surface area contributed by atoms with Gasteiger partial charge in [0.1, 0.15) is 5.82 Å². The van der Waals surface area contributed by atoms with Crippen molar-refractivity contribution in [2.75, 3.05) is 17.8 Å². The first kappa shape index (κ1) is 15.7. The van der Waals surface area contributed by atoms with Gasteiger partial charge in [0.15, 0.2) is 11.5 Å². The fourth-order valence-electron chi connectivity index (χ4n) is 2.70. The van der Waals surface area contributed by atoms with Crippen LogP contribution in [0, 0.1) is 11.3 Å². The molecular weight excluding hydrogens is 330 g/mol. The maximum Gasteiger partial charge on any atom is 0.231 e. The van der Waals surface area contributed by atoms with Gasteiger partial charge in [0.25, 0.3) is 0 Å². The van der Waals surface area contributed by atoms with Crippen molar-refractivity contribution in [1.82, 2.24) is 9.97 Å². The van der Waals surface area contributed by atoms with Crippen molar-refractivity contribution >= 4 is 11.8 Å². The number of nitrogens with zero attached hydrogens (tertiary/aromatic N) is 3. The third-order valence-electron chi connectivity index (χ3n) is 3.94. The average Bonchev–Trinajstić information content (AvgIpc) is 3.14. The SMILES string of the molecule is N#Cc1cccc(-c2cc(NCc3ccc4c(c3)OCO4)nc(N)n2)c1. The summed E-state index contributed by atoms with van der Waals surface area (Å²) in [6, 6.07) is 16.9. The zero-order valence-corrected chi connectivity index (χ0v) is 13.8. The second-order valence-electron chi connectivity index (χ2n) is 5.73. The number of nitrogens with one attached hydrogen (secondary N) is 1. The Morgan fingerprint density at radius 1 is 1.08 bits per heavy atom. The van der Waals surface area contributed by atoms with E-state index >= 15 is 0 Å². The molecule has 1 aliphatic rings. The number of hydrogen-bond acceptors (Lipinski definition) is 7. The van der Waals surface area contributed by atoms with Crippen LogP contribution in [0.15, 0.2) is 48.5 Å². The number of nitrogens with two attached hydrogens (primary N) is 1. The molecule has 3 N–H and O–H groups in total. The lowest BCUT2D eigenvalue weighted by Crippen LogP contribution is -2.05. The second kappa shape index (κ2) is 6.61. The molecule has 0 spiro atoms. The van der Waals surface area contributed by atoms with Crippen LogP contribution in [0.1, 0.15) is 11.1 Å². The zero-order valence-electron chi connectivity index (χ0n) is 13.8. The highest BCUT2D eigenvalue weighted by Gasteiger charge is 2.13. The first-order valence-corrected chi connectivity index (χ1v) is 7.99. The van der Waals surface area contributed by atoms with Crippen molar-refractivity contribution in [3.63, 3.8) is 0 Å². The van der Waals surface area contributed by atoms with Crippen LogP contribution in [0.3, 0.4) is 0 Å². The van der Waals surface area contributed by atoms with Gasteiger partial charge in [0, 0.05) is 18.2 Å². The van der Waals surface area contributed by atoms with Gasteiger partial charge in [-0.3, -0.25) is 0 Å². The van der Waals surface area contributed by atoms with Crippen LogP contribution < -0.4 is 20.5 Å². The summed E-state index contributed by atoms with van der Waals surface area (Å²) >= 11 is 0. The van der Waals surface area contributed by atoms with E-state index in [-0.39, 0.29) is 12.7 Å². The molecule has 0 atom stereocenters. The fraction of sp³-hybridized carbons (Fsp3) is 0.105. The number of benzene rings is 2. The lowest BCUT2D eigenvalue weighted by atomic mass is 10.1. The maximum absolute atomic E-state index is 9.06. The number of hydrogen-bond donors (Lipinski definition) is 2. The fourth-order valence-corrected chi connectivity index (χ4v) is 2.70. The molecule has 3 aromatic rings. The van der Waals surface area contributed by atoms with Gasteiger partial charge in [-0.25, -0.2) is 4.98 Å². The third-order valence-corrected chi connectivity index (χ3v) is 3.94. The Hall–Kier alpha value is -3.79. The molecule has 0 amide bonds. The Morgan fingerprint density at radius 3 is 2.85 bits per heavy atom. The Bertz CT molecular complexity index is 1010. The number of nitrogen functional groups attached to an aromatic ring is 1. The van der Waals surface area contributed by atoms with Crippen molar-refractivity contribution in [3.8, 4) is 28.8 Å². The van der Waals surface area contributed by atoms with Gasteiger partial charge in [-0.15, -0.1) is 0 Å². The van der Waals surface area contributed by atoms with E-state index in [0.29, 0.717) is 23.6 Å². The van der Waals surface area contributed by atoms with E-state index in [4.69, 9.17) is 20.5 Å². The maximum atomic E-state index is 9.06. The highest BCUT2D eigenvalue weighted by atomic mass is 16.7. The Kier molecular flexibility index (Phi) is 4.00. The molecule has 0 fully saturated rings. The summed E-state index contributed by atoms with van der Waals surface area (Å²) in [6.07, 6.45) is 0. The number of fused-ring (bicyclic) bond motifs is 1. The molecule has 0 unspecified atom stereocenters. The summed E-state index contributed by atoms with van der Waals surface area (Å²) in [5.74, 6) is 2.26. The van der Waals surface area contributed by atoms with Gasteiger partial charge in [0.05, 0.1) is 17.3 Å². The van der Waals surface area contributed by atoms with Crippen molar-refractivity contribution in [3.05, 3.63) is 59.7 Å². The summed E-state index contributed by atoms with van der Waals surface area (Å²) < 4.78 is 10.7. The molecule has 2 aromatic carbocycles. The quantitative estimate of drug-likeness (QED) is 0.748. The van der Waals surface area contributed by atoms with Crippen molar-refractivity contribution in [2.24, 2.45) is 0 Å². The van der Waals surface area contributed by atoms with Crippen LogP contribution in [-0.4, -0.2) is 16.8 Å². The van der Waals surface area contributed by atoms with E-state index in [1.807, 2.05) is 30.3 Å². The number of rotatable bonds is 4. The van der Waals surface area contributed by atoms with Crippen LogP contribution in [0.25, 0.3) is 11.3 Å². The monoisotopic (exact) mass is 345 g/mol. The standard InChI is InChI=1S/C19H15N5O2/c20-9-12-2-1-3-14(6-12)15-8-18(24-19(21)23-15)22-10-13-4-5-16-17(7-13)26-11-25-16/h1-8H,10-11H2,(H3,21,22,23,24). The molecule has 1 aromatic heterocycles. The van der Waals surface area contributed by atoms with Gasteiger partial charge >= 0.3 is 0 Å². The molecule has 2 heterocycles. The minimum atomic E-state index is 0.165. The summed E-state index contributed by atoms with van der Waals surface area (Å²) in [5.41, 5.74) is 8.90. The van der Waals surface area contributed by atoms with Crippen LogP contribution in [-0.2, 0) is 6.54 Å². The number of anilines is 2.